The molecule has 21 heavy (non-hydrogen) atoms. The molecule has 0 saturated carbocycles. The van der Waals surface area contributed by atoms with Crippen LogP contribution in [0.15, 0.2) is 45.3 Å². The summed E-state index contributed by atoms with van der Waals surface area (Å²) in [5.74, 6) is 0.883. The Morgan fingerprint density at radius 3 is 2.48 bits per heavy atom. The summed E-state index contributed by atoms with van der Waals surface area (Å²) in [5.41, 5.74) is 3.74. The summed E-state index contributed by atoms with van der Waals surface area (Å²) in [6.45, 7) is 2.10. The highest BCUT2D eigenvalue weighted by molar-refractivity contribution is 9.10. The maximum Gasteiger partial charge on any atom is 0.119 e. The fraction of sp³-hybridized carbons (Fsp3) is 0.294. The third-order valence-electron chi connectivity index (χ3n) is 3.62. The van der Waals surface area contributed by atoms with E-state index in [1.807, 2.05) is 19.2 Å². The summed E-state index contributed by atoms with van der Waals surface area (Å²) in [4.78, 5) is 0. The zero-order chi connectivity index (χ0) is 15.4. The molecule has 1 atom stereocenters. The Kier molecular flexibility index (Phi) is 5.85. The summed E-state index contributed by atoms with van der Waals surface area (Å²) < 4.78 is 7.57. The van der Waals surface area contributed by atoms with Gasteiger partial charge in [-0.15, -0.1) is 0 Å². The molecular weight excluding hydrogens is 394 g/mol. The molecule has 2 aromatic rings. The van der Waals surface area contributed by atoms with Crippen molar-refractivity contribution in [2.24, 2.45) is 0 Å². The maximum atomic E-state index is 5.32. The molecule has 0 aromatic heterocycles. The van der Waals surface area contributed by atoms with E-state index in [9.17, 15) is 0 Å². The molecule has 0 radical (unpaired) electrons. The van der Waals surface area contributed by atoms with Gasteiger partial charge in [0.1, 0.15) is 5.75 Å². The van der Waals surface area contributed by atoms with E-state index in [0.717, 1.165) is 21.1 Å². The Morgan fingerprint density at radius 1 is 1.10 bits per heavy atom. The molecule has 0 amide bonds. The maximum absolute atomic E-state index is 5.32. The first-order valence-corrected chi connectivity index (χ1v) is 8.39. The second-order valence-electron chi connectivity index (χ2n) is 5.01. The fourth-order valence-electron chi connectivity index (χ4n) is 2.27. The van der Waals surface area contributed by atoms with Gasteiger partial charge >= 0.3 is 0 Å². The summed E-state index contributed by atoms with van der Waals surface area (Å²) >= 11 is 7.23. The minimum Gasteiger partial charge on any atom is -0.497 e. The van der Waals surface area contributed by atoms with E-state index in [1.165, 1.54) is 16.7 Å². The molecular formula is C17H19Br2NO. The number of rotatable bonds is 5. The largest absolute Gasteiger partial charge is 0.497 e. The number of hydrogen-bond donors (Lipinski definition) is 1. The Bertz CT molecular complexity index is 628. The van der Waals surface area contributed by atoms with Gasteiger partial charge in [0, 0.05) is 15.0 Å². The Morgan fingerprint density at radius 2 is 1.86 bits per heavy atom. The Labute approximate surface area is 143 Å². The van der Waals surface area contributed by atoms with Gasteiger partial charge in [-0.1, -0.05) is 44.0 Å². The highest BCUT2D eigenvalue weighted by atomic mass is 79.9. The molecule has 2 nitrogen and oxygen atoms in total. The number of benzene rings is 2. The summed E-state index contributed by atoms with van der Waals surface area (Å²) in [5, 5.41) is 3.40. The molecule has 0 aliphatic heterocycles. The van der Waals surface area contributed by atoms with Gasteiger partial charge in [-0.2, -0.15) is 0 Å². The molecule has 0 bridgehead atoms. The van der Waals surface area contributed by atoms with Crippen molar-refractivity contribution in [3.8, 4) is 5.75 Å². The van der Waals surface area contributed by atoms with Gasteiger partial charge in [-0.25, -0.2) is 0 Å². The number of likely N-dealkylation sites (N-methyl/N-ethyl adjacent to an activating group) is 1. The van der Waals surface area contributed by atoms with Gasteiger partial charge in [0.15, 0.2) is 0 Å². The zero-order valence-electron chi connectivity index (χ0n) is 12.4. The second-order valence-corrected chi connectivity index (χ2v) is 6.72. The molecule has 1 unspecified atom stereocenters. The van der Waals surface area contributed by atoms with Gasteiger partial charge in [0.25, 0.3) is 0 Å². The minimum atomic E-state index is 0.255. The molecule has 1 N–H and O–H groups in total. The predicted octanol–water partition coefficient (Wildman–Crippen LogP) is 5.03. The van der Waals surface area contributed by atoms with Crippen molar-refractivity contribution in [3.05, 3.63) is 62.0 Å². The minimum absolute atomic E-state index is 0.255. The van der Waals surface area contributed by atoms with E-state index in [0.29, 0.717) is 0 Å². The number of hydrogen-bond acceptors (Lipinski definition) is 2. The van der Waals surface area contributed by atoms with Crippen molar-refractivity contribution >= 4 is 31.9 Å². The van der Waals surface area contributed by atoms with Crippen LogP contribution in [0, 0.1) is 6.92 Å². The van der Waals surface area contributed by atoms with E-state index < -0.39 is 0 Å². The normalized spacial score (nSPS) is 12.2. The monoisotopic (exact) mass is 411 g/mol. The second kappa shape index (κ2) is 7.43. The van der Waals surface area contributed by atoms with E-state index in [1.54, 1.807) is 7.11 Å². The van der Waals surface area contributed by atoms with Crippen LogP contribution in [0.3, 0.4) is 0 Å². The van der Waals surface area contributed by atoms with Crippen LogP contribution in [0.5, 0.6) is 5.75 Å². The van der Waals surface area contributed by atoms with Gasteiger partial charge in [-0.05, 0) is 61.3 Å². The third-order valence-corrected chi connectivity index (χ3v) is 5.25. The number of ether oxygens (including phenoxy) is 1. The molecule has 0 spiro atoms. The first-order valence-electron chi connectivity index (χ1n) is 6.81. The van der Waals surface area contributed by atoms with Crippen molar-refractivity contribution in [2.75, 3.05) is 14.2 Å². The summed E-state index contributed by atoms with van der Waals surface area (Å²) in [6, 6.07) is 12.8. The van der Waals surface area contributed by atoms with Gasteiger partial charge < -0.3 is 10.1 Å². The molecule has 2 aromatic carbocycles. The molecule has 0 heterocycles. The van der Waals surface area contributed by atoms with Crippen LogP contribution >= 0.6 is 31.9 Å². The van der Waals surface area contributed by atoms with E-state index in [2.05, 4.69) is 68.4 Å². The number of aryl methyl sites for hydroxylation is 1. The molecule has 0 aliphatic carbocycles. The first kappa shape index (κ1) is 16.5. The third kappa shape index (κ3) is 4.09. The van der Waals surface area contributed by atoms with Crippen molar-refractivity contribution in [1.29, 1.82) is 0 Å². The zero-order valence-corrected chi connectivity index (χ0v) is 15.6. The van der Waals surface area contributed by atoms with Crippen molar-refractivity contribution in [3.63, 3.8) is 0 Å². The van der Waals surface area contributed by atoms with Crippen molar-refractivity contribution in [2.45, 2.75) is 19.4 Å². The molecule has 2 rings (SSSR count). The quantitative estimate of drug-likeness (QED) is 0.743. The summed E-state index contributed by atoms with van der Waals surface area (Å²) in [6.07, 6.45) is 0.893. The van der Waals surface area contributed by atoms with Crippen molar-refractivity contribution in [1.82, 2.24) is 5.32 Å². The lowest BCUT2D eigenvalue weighted by Crippen LogP contribution is -2.19. The fourth-order valence-corrected chi connectivity index (χ4v) is 3.07. The van der Waals surface area contributed by atoms with Gasteiger partial charge in [0.2, 0.25) is 0 Å². The highest BCUT2D eigenvalue weighted by Gasteiger charge is 2.13. The lowest BCUT2D eigenvalue weighted by molar-refractivity contribution is 0.414. The van der Waals surface area contributed by atoms with Crippen LogP contribution < -0.4 is 10.1 Å². The van der Waals surface area contributed by atoms with E-state index in [-0.39, 0.29) is 6.04 Å². The lowest BCUT2D eigenvalue weighted by atomic mass is 9.98. The van der Waals surface area contributed by atoms with Crippen LogP contribution in [-0.2, 0) is 6.42 Å². The standard InChI is InChI=1S/C17H19Br2NO/c1-11-4-5-12(9-16(11)19)17(20-2)10-13-8-14(21-3)6-7-15(13)18/h4-9,17,20H,10H2,1-3H3. The van der Waals surface area contributed by atoms with Gasteiger partial charge in [0.05, 0.1) is 7.11 Å². The molecule has 112 valence electrons. The molecule has 4 heteroatoms. The van der Waals surface area contributed by atoms with Crippen LogP contribution in [0.4, 0.5) is 0 Å². The number of halogens is 2. The Balaban J connectivity index is 2.28. The topological polar surface area (TPSA) is 21.3 Å². The van der Waals surface area contributed by atoms with Crippen LogP contribution in [0.2, 0.25) is 0 Å². The van der Waals surface area contributed by atoms with Crippen molar-refractivity contribution < 1.29 is 4.74 Å². The molecule has 0 fully saturated rings. The number of nitrogens with one attached hydrogen (secondary N) is 1. The van der Waals surface area contributed by atoms with E-state index >= 15 is 0 Å². The van der Waals surface area contributed by atoms with Gasteiger partial charge in [-0.3, -0.25) is 0 Å². The predicted molar refractivity (Wildman–Crippen MR) is 95.1 cm³/mol. The average molecular weight is 413 g/mol. The summed E-state index contributed by atoms with van der Waals surface area (Å²) in [7, 11) is 3.69. The first-order chi connectivity index (χ1) is 10.0. The molecule has 0 saturated heterocycles. The highest BCUT2D eigenvalue weighted by Crippen LogP contribution is 2.29. The number of methoxy groups -OCH3 is 1. The van der Waals surface area contributed by atoms with Crippen LogP contribution in [0.25, 0.3) is 0 Å². The average Bonchev–Trinajstić information content (AvgIpc) is 2.49. The lowest BCUT2D eigenvalue weighted by Gasteiger charge is -2.19. The van der Waals surface area contributed by atoms with Crippen LogP contribution in [-0.4, -0.2) is 14.2 Å². The van der Waals surface area contributed by atoms with E-state index in [4.69, 9.17) is 4.74 Å². The SMILES string of the molecule is CNC(Cc1cc(OC)ccc1Br)c1ccc(C)c(Br)c1. The van der Waals surface area contributed by atoms with Crippen LogP contribution in [0.1, 0.15) is 22.7 Å². The smallest absolute Gasteiger partial charge is 0.119 e. The molecule has 0 aliphatic rings. The Hall–Kier alpha value is -0.840.